The van der Waals surface area contributed by atoms with E-state index in [1.165, 1.54) is 0 Å². The predicted octanol–water partition coefficient (Wildman–Crippen LogP) is 1.09. The second-order valence-electron chi connectivity index (χ2n) is 11.4. The second-order valence-corrected chi connectivity index (χ2v) is 11.4. The van der Waals surface area contributed by atoms with E-state index in [0.29, 0.717) is 25.7 Å². The molecule has 4 aliphatic heterocycles. The molecule has 4 rings (SSSR count). The summed E-state index contributed by atoms with van der Waals surface area (Å²) in [5.74, 6) is 0. The van der Waals surface area contributed by atoms with Crippen molar-refractivity contribution in [1.29, 1.82) is 0 Å². The molecule has 13 nitrogen and oxygen atoms in total. The van der Waals surface area contributed by atoms with Crippen molar-refractivity contribution in [3.63, 3.8) is 0 Å². The summed E-state index contributed by atoms with van der Waals surface area (Å²) < 4.78 is 65.6. The molecule has 0 bridgehead atoms. The average Bonchev–Trinajstić information content (AvgIpc) is 2.94. The van der Waals surface area contributed by atoms with Gasteiger partial charge in [0.15, 0.2) is 25.2 Å². The van der Waals surface area contributed by atoms with Gasteiger partial charge in [-0.1, -0.05) is 0 Å². The third-order valence-corrected chi connectivity index (χ3v) is 8.67. The third-order valence-electron chi connectivity index (χ3n) is 8.67. The number of aliphatic hydroxyl groups excluding tert-OH is 2. The maximum Gasteiger partial charge on any atom is 0.161 e. The first-order valence-corrected chi connectivity index (χ1v) is 14.6. The van der Waals surface area contributed by atoms with Crippen molar-refractivity contribution in [3.8, 4) is 0 Å². The van der Waals surface area contributed by atoms with Gasteiger partial charge in [0, 0.05) is 54.1 Å². The highest BCUT2D eigenvalue weighted by Crippen LogP contribution is 2.35. The average molecular weight is 595 g/mol. The van der Waals surface area contributed by atoms with Crippen LogP contribution in [0.4, 0.5) is 0 Å². The van der Waals surface area contributed by atoms with E-state index in [4.69, 9.17) is 52.1 Å². The van der Waals surface area contributed by atoms with Crippen LogP contribution in [0.15, 0.2) is 0 Å². The van der Waals surface area contributed by atoms with Crippen LogP contribution in [-0.2, 0) is 52.1 Å². The lowest BCUT2D eigenvalue weighted by atomic mass is 9.98. The minimum absolute atomic E-state index is 0.316. The molecule has 1 unspecified atom stereocenters. The minimum atomic E-state index is -0.891. The quantitative estimate of drug-likeness (QED) is 0.373. The Kier molecular flexibility index (Phi) is 12.2. The SMILES string of the molecule is CO[C@@H]1C[C@H](O[C@H]2[C@H](C)O[C@H](O[C@H]3[C@H](C)O[C@@H](O[C@H]4[C@H](C)OC(O)C[C@H]4OC)C[C@H]3OC)C[C@H]2OC)O[C@@H](C)[C@@H]1O. The molecule has 240 valence electrons. The second kappa shape index (κ2) is 15.0. The molecule has 0 amide bonds. The summed E-state index contributed by atoms with van der Waals surface area (Å²) in [7, 11) is 6.43. The summed E-state index contributed by atoms with van der Waals surface area (Å²) in [5.41, 5.74) is 0. The van der Waals surface area contributed by atoms with Gasteiger partial charge in [-0.05, 0) is 27.7 Å². The smallest absolute Gasteiger partial charge is 0.161 e. The molecule has 2 N–H and O–H groups in total. The molecule has 0 aromatic heterocycles. The van der Waals surface area contributed by atoms with E-state index in [9.17, 15) is 10.2 Å². The lowest BCUT2D eigenvalue weighted by Gasteiger charge is -2.46. The van der Waals surface area contributed by atoms with E-state index in [1.807, 2.05) is 20.8 Å². The zero-order chi connectivity index (χ0) is 29.8. The number of aliphatic hydroxyl groups is 2. The molecule has 0 aromatic carbocycles. The largest absolute Gasteiger partial charge is 0.388 e. The van der Waals surface area contributed by atoms with Gasteiger partial charge in [0.2, 0.25) is 0 Å². The van der Waals surface area contributed by atoms with Crippen LogP contribution in [0.5, 0.6) is 0 Å². The number of methoxy groups -OCH3 is 4. The summed E-state index contributed by atoms with van der Waals surface area (Å²) in [4.78, 5) is 0. The van der Waals surface area contributed by atoms with E-state index < -0.39 is 55.7 Å². The maximum absolute atomic E-state index is 10.3. The van der Waals surface area contributed by atoms with Crippen LogP contribution in [0, 0.1) is 0 Å². The van der Waals surface area contributed by atoms with Crippen LogP contribution in [0.3, 0.4) is 0 Å². The lowest BCUT2D eigenvalue weighted by Crippen LogP contribution is -2.57. The van der Waals surface area contributed by atoms with Crippen molar-refractivity contribution in [1.82, 2.24) is 0 Å². The van der Waals surface area contributed by atoms with E-state index >= 15 is 0 Å². The van der Waals surface area contributed by atoms with Crippen molar-refractivity contribution in [3.05, 3.63) is 0 Å². The van der Waals surface area contributed by atoms with Crippen LogP contribution >= 0.6 is 0 Å². The molecule has 0 radical (unpaired) electrons. The van der Waals surface area contributed by atoms with Gasteiger partial charge in [0.05, 0.1) is 48.8 Å². The predicted molar refractivity (Wildman–Crippen MR) is 142 cm³/mol. The third kappa shape index (κ3) is 7.96. The molecule has 0 spiro atoms. The topological polar surface area (TPSA) is 142 Å². The van der Waals surface area contributed by atoms with Gasteiger partial charge < -0.3 is 62.3 Å². The van der Waals surface area contributed by atoms with Gasteiger partial charge in [-0.25, -0.2) is 0 Å². The van der Waals surface area contributed by atoms with Crippen LogP contribution in [0.25, 0.3) is 0 Å². The number of hydrogen-bond acceptors (Lipinski definition) is 13. The summed E-state index contributed by atoms with van der Waals surface area (Å²) in [5, 5.41) is 20.2. The highest BCUT2D eigenvalue weighted by atomic mass is 16.8. The molecule has 4 fully saturated rings. The van der Waals surface area contributed by atoms with Gasteiger partial charge in [-0.2, -0.15) is 0 Å². The fourth-order valence-corrected chi connectivity index (χ4v) is 6.33. The fraction of sp³-hybridized carbons (Fsp3) is 1.00. The lowest BCUT2D eigenvalue weighted by molar-refractivity contribution is -0.345. The molecule has 0 aromatic rings. The summed E-state index contributed by atoms with van der Waals surface area (Å²) in [6.45, 7) is 7.47. The highest BCUT2D eigenvalue weighted by molar-refractivity contribution is 4.90. The van der Waals surface area contributed by atoms with Crippen LogP contribution in [-0.4, -0.2) is 137 Å². The molecular formula is C28H50O13. The number of rotatable bonds is 10. The van der Waals surface area contributed by atoms with Gasteiger partial charge in [-0.15, -0.1) is 0 Å². The van der Waals surface area contributed by atoms with Crippen molar-refractivity contribution >= 4 is 0 Å². The molecule has 0 aliphatic carbocycles. The Morgan fingerprint density at radius 2 is 0.805 bits per heavy atom. The van der Waals surface area contributed by atoms with Crippen LogP contribution in [0.2, 0.25) is 0 Å². The van der Waals surface area contributed by atoms with E-state index in [0.717, 1.165) is 0 Å². The Hall–Kier alpha value is -0.520. The highest BCUT2D eigenvalue weighted by Gasteiger charge is 2.47. The first-order valence-electron chi connectivity index (χ1n) is 14.6. The van der Waals surface area contributed by atoms with E-state index in [-0.39, 0.29) is 42.7 Å². The molecule has 16 atom stereocenters. The summed E-state index contributed by atoms with van der Waals surface area (Å²) in [6.07, 6.45) is -5.86. The Labute approximate surface area is 242 Å². The molecule has 13 heteroatoms. The Balaban J connectivity index is 1.33. The van der Waals surface area contributed by atoms with Crippen LogP contribution < -0.4 is 0 Å². The molecule has 41 heavy (non-hydrogen) atoms. The van der Waals surface area contributed by atoms with E-state index in [1.54, 1.807) is 35.4 Å². The fourth-order valence-electron chi connectivity index (χ4n) is 6.33. The van der Waals surface area contributed by atoms with Gasteiger partial charge >= 0.3 is 0 Å². The Morgan fingerprint density at radius 1 is 0.463 bits per heavy atom. The monoisotopic (exact) mass is 594 g/mol. The number of ether oxygens (including phenoxy) is 11. The zero-order valence-electron chi connectivity index (χ0n) is 25.5. The Bertz CT molecular complexity index is 790. The minimum Gasteiger partial charge on any atom is -0.388 e. The van der Waals surface area contributed by atoms with Crippen molar-refractivity contribution < 1.29 is 62.3 Å². The van der Waals surface area contributed by atoms with E-state index in [2.05, 4.69) is 0 Å². The first kappa shape index (κ1) is 33.4. The van der Waals surface area contributed by atoms with Crippen molar-refractivity contribution in [2.75, 3.05) is 28.4 Å². The summed E-state index contributed by atoms with van der Waals surface area (Å²) >= 11 is 0. The molecule has 4 saturated heterocycles. The standard InChI is InChI=1S/C28H50O13/c1-13-25(30)17(31-5)10-22(36-13)39-27-15(3)38-24(12-19(27)33-7)41-28-16(4)37-23(11-20(28)34-8)40-26-14(2)35-21(29)9-18(26)32-6/h13-30H,9-12H2,1-8H3/t13-,14-,15-,16-,17+,18+,19+,20+,21?,22-,23-,24+,25-,26-,27-,28-/m0/s1. The molecule has 4 aliphatic rings. The molecular weight excluding hydrogens is 544 g/mol. The summed E-state index contributed by atoms with van der Waals surface area (Å²) in [6, 6.07) is 0. The van der Waals surface area contributed by atoms with Gasteiger partial charge in [0.1, 0.15) is 24.4 Å². The zero-order valence-corrected chi connectivity index (χ0v) is 25.5. The molecule has 4 heterocycles. The van der Waals surface area contributed by atoms with Crippen molar-refractivity contribution in [2.45, 2.75) is 152 Å². The molecule has 0 saturated carbocycles. The van der Waals surface area contributed by atoms with Gasteiger partial charge in [0.25, 0.3) is 0 Å². The van der Waals surface area contributed by atoms with Crippen LogP contribution in [0.1, 0.15) is 53.4 Å². The van der Waals surface area contributed by atoms with Crippen molar-refractivity contribution in [2.24, 2.45) is 0 Å². The van der Waals surface area contributed by atoms with Gasteiger partial charge in [-0.3, -0.25) is 0 Å². The normalized spacial score (nSPS) is 49.6. The number of hydrogen-bond donors (Lipinski definition) is 2. The maximum atomic E-state index is 10.3. The first-order chi connectivity index (χ1) is 19.6. The Morgan fingerprint density at radius 3 is 1.22 bits per heavy atom.